The molecule has 0 aromatic rings. The Hall–Kier alpha value is -2.86. The average molecular weight is 421 g/mol. The third-order valence-corrected chi connectivity index (χ3v) is 4.20. The second kappa shape index (κ2) is 14.2. The monoisotopic (exact) mass is 421 g/mol. The highest BCUT2D eigenvalue weighted by atomic mass is 17.0. The summed E-state index contributed by atoms with van der Waals surface area (Å²) in [6.07, 6.45) is 4.01. The molecule has 0 aromatic carbocycles. The SMILES string of the molecule is O=C(OCCCCO[N+](=O)[O-])C1CCCN1C(=O)OCCCCCCO[N+](=O)[O-]. The van der Waals surface area contributed by atoms with Gasteiger partial charge in [-0.05, 0) is 44.9 Å². The molecule has 1 saturated heterocycles. The van der Waals surface area contributed by atoms with E-state index in [0.29, 0.717) is 45.1 Å². The molecule has 1 fully saturated rings. The van der Waals surface area contributed by atoms with E-state index in [1.165, 1.54) is 4.90 Å². The van der Waals surface area contributed by atoms with Gasteiger partial charge in [0.1, 0.15) is 6.04 Å². The van der Waals surface area contributed by atoms with Crippen LogP contribution >= 0.6 is 0 Å². The van der Waals surface area contributed by atoms with E-state index in [1.54, 1.807) is 0 Å². The summed E-state index contributed by atoms with van der Waals surface area (Å²) < 4.78 is 10.3. The Bertz CT molecular complexity index is 545. The Morgan fingerprint density at radius 2 is 1.34 bits per heavy atom. The Labute approximate surface area is 167 Å². The summed E-state index contributed by atoms with van der Waals surface area (Å²) in [5, 5.41) is 18.3. The van der Waals surface area contributed by atoms with Crippen LogP contribution in [0.4, 0.5) is 4.79 Å². The zero-order chi connectivity index (χ0) is 21.5. The van der Waals surface area contributed by atoms with Crippen LogP contribution in [-0.4, -0.2) is 66.1 Å². The minimum atomic E-state index is -0.876. The fourth-order valence-electron chi connectivity index (χ4n) is 2.78. The van der Waals surface area contributed by atoms with E-state index in [9.17, 15) is 29.8 Å². The number of ether oxygens (including phenoxy) is 2. The van der Waals surface area contributed by atoms with E-state index in [0.717, 1.165) is 12.8 Å². The second-order valence-electron chi connectivity index (χ2n) is 6.37. The normalized spacial score (nSPS) is 15.6. The summed E-state index contributed by atoms with van der Waals surface area (Å²) in [5.41, 5.74) is 0. The van der Waals surface area contributed by atoms with Crippen LogP contribution in [0.1, 0.15) is 51.4 Å². The minimum absolute atomic E-state index is 0.0487. The molecule has 29 heavy (non-hydrogen) atoms. The molecule has 166 valence electrons. The number of amides is 1. The largest absolute Gasteiger partial charge is 0.464 e. The van der Waals surface area contributed by atoms with Crippen LogP contribution in [0.15, 0.2) is 0 Å². The molecule has 1 aliphatic rings. The van der Waals surface area contributed by atoms with Crippen LogP contribution in [0.5, 0.6) is 0 Å². The van der Waals surface area contributed by atoms with Crippen LogP contribution in [0.25, 0.3) is 0 Å². The first kappa shape index (κ1) is 24.2. The number of nitrogens with zero attached hydrogens (tertiary/aromatic N) is 3. The van der Waals surface area contributed by atoms with Crippen molar-refractivity contribution in [2.45, 2.75) is 57.4 Å². The van der Waals surface area contributed by atoms with Gasteiger partial charge in [0.05, 0.1) is 26.4 Å². The maximum Gasteiger partial charge on any atom is 0.410 e. The van der Waals surface area contributed by atoms with Crippen molar-refractivity contribution in [2.24, 2.45) is 0 Å². The van der Waals surface area contributed by atoms with Gasteiger partial charge in [-0.3, -0.25) is 4.90 Å². The van der Waals surface area contributed by atoms with Crippen LogP contribution < -0.4 is 0 Å². The van der Waals surface area contributed by atoms with Crippen molar-refractivity contribution >= 4 is 12.1 Å². The predicted molar refractivity (Wildman–Crippen MR) is 95.6 cm³/mol. The number of rotatable bonds is 15. The zero-order valence-electron chi connectivity index (χ0n) is 16.2. The molecule has 0 aromatic heterocycles. The Kier molecular flexibility index (Phi) is 11.8. The fourth-order valence-corrected chi connectivity index (χ4v) is 2.78. The molecule has 0 spiro atoms. The number of likely N-dealkylation sites (tertiary alicyclic amines) is 1. The maximum atomic E-state index is 12.2. The van der Waals surface area contributed by atoms with Gasteiger partial charge in [0.15, 0.2) is 0 Å². The molecule has 1 heterocycles. The molecule has 0 radical (unpaired) electrons. The van der Waals surface area contributed by atoms with E-state index < -0.39 is 28.3 Å². The van der Waals surface area contributed by atoms with Gasteiger partial charge in [-0.15, -0.1) is 20.2 Å². The van der Waals surface area contributed by atoms with Gasteiger partial charge in [0.2, 0.25) is 0 Å². The molecule has 1 aliphatic heterocycles. The average Bonchev–Trinajstić information content (AvgIpc) is 3.16. The molecule has 13 nitrogen and oxygen atoms in total. The third kappa shape index (κ3) is 10.9. The van der Waals surface area contributed by atoms with Crippen molar-refractivity contribution < 1.29 is 38.9 Å². The first-order chi connectivity index (χ1) is 13.9. The first-order valence-electron chi connectivity index (χ1n) is 9.56. The lowest BCUT2D eigenvalue weighted by Crippen LogP contribution is -2.41. The summed E-state index contributed by atoms with van der Waals surface area (Å²) in [6.45, 7) is 0.693. The molecule has 0 aliphatic carbocycles. The van der Waals surface area contributed by atoms with Crippen LogP contribution in [0.2, 0.25) is 0 Å². The van der Waals surface area contributed by atoms with Crippen molar-refractivity contribution in [3.63, 3.8) is 0 Å². The van der Waals surface area contributed by atoms with Crippen molar-refractivity contribution in [1.82, 2.24) is 4.90 Å². The molecule has 1 unspecified atom stereocenters. The van der Waals surface area contributed by atoms with Crippen molar-refractivity contribution in [3.8, 4) is 0 Å². The Morgan fingerprint density at radius 3 is 1.97 bits per heavy atom. The molecular weight excluding hydrogens is 394 g/mol. The molecule has 0 bridgehead atoms. The summed E-state index contributed by atoms with van der Waals surface area (Å²) in [5.74, 6) is -0.513. The molecule has 1 rings (SSSR count). The second-order valence-corrected chi connectivity index (χ2v) is 6.37. The van der Waals surface area contributed by atoms with Gasteiger partial charge in [0.25, 0.3) is 10.2 Å². The van der Waals surface area contributed by atoms with Crippen LogP contribution in [-0.2, 0) is 23.9 Å². The van der Waals surface area contributed by atoms with E-state index in [-0.39, 0.29) is 26.4 Å². The Balaban J connectivity index is 2.15. The molecule has 0 saturated carbocycles. The highest BCUT2D eigenvalue weighted by Gasteiger charge is 2.36. The first-order valence-corrected chi connectivity index (χ1v) is 9.56. The quantitative estimate of drug-likeness (QED) is 0.165. The van der Waals surface area contributed by atoms with Crippen LogP contribution in [0, 0.1) is 20.2 Å². The van der Waals surface area contributed by atoms with E-state index in [4.69, 9.17) is 9.47 Å². The van der Waals surface area contributed by atoms with Gasteiger partial charge < -0.3 is 19.1 Å². The number of carbonyl (C=O) groups is 2. The van der Waals surface area contributed by atoms with Crippen molar-refractivity contribution in [3.05, 3.63) is 20.2 Å². The molecule has 1 amide bonds. The number of carbonyl (C=O) groups excluding carboxylic acids is 2. The van der Waals surface area contributed by atoms with Gasteiger partial charge in [-0.25, -0.2) is 9.59 Å². The van der Waals surface area contributed by atoms with Gasteiger partial charge in [-0.2, -0.15) is 0 Å². The lowest BCUT2D eigenvalue weighted by Gasteiger charge is -2.22. The zero-order valence-corrected chi connectivity index (χ0v) is 16.2. The highest BCUT2D eigenvalue weighted by molar-refractivity contribution is 5.82. The van der Waals surface area contributed by atoms with Gasteiger partial charge in [-0.1, -0.05) is 6.42 Å². The molecular formula is C16H27N3O10. The Morgan fingerprint density at radius 1 is 0.828 bits per heavy atom. The predicted octanol–water partition coefficient (Wildman–Crippen LogP) is 1.89. The van der Waals surface area contributed by atoms with Gasteiger partial charge >= 0.3 is 12.1 Å². The van der Waals surface area contributed by atoms with Crippen molar-refractivity contribution in [2.75, 3.05) is 33.0 Å². The van der Waals surface area contributed by atoms with Crippen molar-refractivity contribution in [1.29, 1.82) is 0 Å². The lowest BCUT2D eigenvalue weighted by atomic mass is 10.2. The molecule has 13 heteroatoms. The number of unbranched alkanes of at least 4 members (excludes halogenated alkanes) is 4. The molecule has 1 atom stereocenters. The van der Waals surface area contributed by atoms with E-state index in [2.05, 4.69) is 9.68 Å². The summed E-state index contributed by atoms with van der Waals surface area (Å²) in [6, 6.07) is -0.684. The highest BCUT2D eigenvalue weighted by Crippen LogP contribution is 2.20. The smallest absolute Gasteiger partial charge is 0.410 e. The lowest BCUT2D eigenvalue weighted by molar-refractivity contribution is -0.757. The number of esters is 1. The fraction of sp³-hybridized carbons (Fsp3) is 0.875. The summed E-state index contributed by atoms with van der Waals surface area (Å²) >= 11 is 0. The third-order valence-electron chi connectivity index (χ3n) is 4.20. The molecule has 0 N–H and O–H groups in total. The summed E-state index contributed by atoms with van der Waals surface area (Å²) in [4.78, 5) is 54.0. The minimum Gasteiger partial charge on any atom is -0.464 e. The van der Waals surface area contributed by atoms with E-state index >= 15 is 0 Å². The maximum absolute atomic E-state index is 12.2. The van der Waals surface area contributed by atoms with E-state index in [1.807, 2.05) is 0 Å². The van der Waals surface area contributed by atoms with Crippen LogP contribution in [0.3, 0.4) is 0 Å². The summed E-state index contributed by atoms with van der Waals surface area (Å²) in [7, 11) is 0. The number of hydrogen-bond acceptors (Lipinski definition) is 10. The standard InChI is InChI=1S/C16H27N3O10/c20-15(26-10-5-6-13-29-19(24)25)14-8-7-9-17(14)16(21)27-11-3-1-2-4-12-28-18(22)23/h14H,1-13H2. The number of hydrogen-bond donors (Lipinski definition) is 0. The van der Waals surface area contributed by atoms with Gasteiger partial charge in [0, 0.05) is 6.54 Å². The topological polar surface area (TPSA) is 161 Å².